The van der Waals surface area contributed by atoms with E-state index in [1.807, 2.05) is 6.07 Å². The minimum Gasteiger partial charge on any atom is -0.303 e. The standard InChI is InChI=1S/C19H29NO2S/c21-23(22,19-10-2-1-3-11-19)15-7-6-13-20-14-12-17-8-4-5-9-18(17)16-20/h1-3,10-11,17-18H,4-9,12-16H2. The molecule has 2 fully saturated rings. The molecular weight excluding hydrogens is 306 g/mol. The van der Waals surface area contributed by atoms with Gasteiger partial charge in [-0.3, -0.25) is 0 Å². The highest BCUT2D eigenvalue weighted by molar-refractivity contribution is 7.91. The Morgan fingerprint density at radius 3 is 2.48 bits per heavy atom. The Labute approximate surface area is 141 Å². The van der Waals surface area contributed by atoms with Crippen molar-refractivity contribution in [1.82, 2.24) is 4.90 Å². The molecule has 3 nitrogen and oxygen atoms in total. The summed E-state index contributed by atoms with van der Waals surface area (Å²) in [4.78, 5) is 3.03. The van der Waals surface area contributed by atoms with Crippen LogP contribution in [0.1, 0.15) is 44.9 Å². The summed E-state index contributed by atoms with van der Waals surface area (Å²) < 4.78 is 24.5. The molecule has 1 aliphatic heterocycles. The van der Waals surface area contributed by atoms with Crippen molar-refractivity contribution in [3.8, 4) is 0 Å². The molecular formula is C19H29NO2S. The zero-order valence-corrected chi connectivity index (χ0v) is 14.8. The topological polar surface area (TPSA) is 37.4 Å². The number of unbranched alkanes of at least 4 members (excludes halogenated alkanes) is 1. The lowest BCUT2D eigenvalue weighted by Gasteiger charge is -2.41. The molecule has 2 atom stereocenters. The molecule has 4 heteroatoms. The van der Waals surface area contributed by atoms with Gasteiger partial charge in [-0.1, -0.05) is 37.5 Å². The lowest BCUT2D eigenvalue weighted by Crippen LogP contribution is -2.42. The van der Waals surface area contributed by atoms with Crippen LogP contribution in [0.15, 0.2) is 35.2 Å². The van der Waals surface area contributed by atoms with Crippen LogP contribution in [-0.2, 0) is 9.84 Å². The van der Waals surface area contributed by atoms with Crippen molar-refractivity contribution in [2.45, 2.75) is 49.8 Å². The second kappa shape index (κ2) is 7.80. The second-order valence-corrected chi connectivity index (χ2v) is 9.34. The van der Waals surface area contributed by atoms with Crippen LogP contribution >= 0.6 is 0 Å². The largest absolute Gasteiger partial charge is 0.303 e. The van der Waals surface area contributed by atoms with Crippen molar-refractivity contribution >= 4 is 9.84 Å². The van der Waals surface area contributed by atoms with Gasteiger partial charge in [0.15, 0.2) is 9.84 Å². The van der Waals surface area contributed by atoms with Crippen LogP contribution in [0, 0.1) is 11.8 Å². The summed E-state index contributed by atoms with van der Waals surface area (Å²) in [5.41, 5.74) is 0. The van der Waals surface area contributed by atoms with Gasteiger partial charge in [-0.05, 0) is 62.7 Å². The number of nitrogens with zero attached hydrogens (tertiary/aromatic N) is 1. The maximum Gasteiger partial charge on any atom is 0.178 e. The van der Waals surface area contributed by atoms with Crippen molar-refractivity contribution in [2.75, 3.05) is 25.4 Å². The van der Waals surface area contributed by atoms with Gasteiger partial charge >= 0.3 is 0 Å². The first-order valence-electron chi connectivity index (χ1n) is 9.15. The summed E-state index contributed by atoms with van der Waals surface area (Å²) in [5.74, 6) is 2.15. The van der Waals surface area contributed by atoms with Crippen molar-refractivity contribution < 1.29 is 8.42 Å². The van der Waals surface area contributed by atoms with Crippen LogP contribution in [0.3, 0.4) is 0 Å². The third kappa shape index (κ3) is 4.57. The Balaban J connectivity index is 1.40. The second-order valence-electron chi connectivity index (χ2n) is 7.23. The van der Waals surface area contributed by atoms with Gasteiger partial charge in [0.2, 0.25) is 0 Å². The Morgan fingerprint density at radius 1 is 0.957 bits per heavy atom. The number of fused-ring (bicyclic) bond motifs is 1. The molecule has 3 rings (SSSR count). The third-order valence-corrected chi connectivity index (χ3v) is 7.43. The van der Waals surface area contributed by atoms with Gasteiger partial charge in [0.05, 0.1) is 10.6 Å². The van der Waals surface area contributed by atoms with Crippen molar-refractivity contribution in [2.24, 2.45) is 11.8 Å². The number of sulfone groups is 1. The van der Waals surface area contributed by atoms with E-state index in [-0.39, 0.29) is 5.75 Å². The molecule has 23 heavy (non-hydrogen) atoms. The molecule has 2 aliphatic rings. The smallest absolute Gasteiger partial charge is 0.178 e. The first-order valence-corrected chi connectivity index (χ1v) is 10.8. The average molecular weight is 336 g/mol. The summed E-state index contributed by atoms with van der Waals surface area (Å²) in [5, 5.41) is 0. The van der Waals surface area contributed by atoms with Gasteiger partial charge in [0, 0.05) is 6.54 Å². The molecule has 128 valence electrons. The van der Waals surface area contributed by atoms with Gasteiger partial charge in [-0.2, -0.15) is 0 Å². The molecule has 1 saturated heterocycles. The van der Waals surface area contributed by atoms with E-state index in [0.29, 0.717) is 4.90 Å². The van der Waals surface area contributed by atoms with Crippen LogP contribution in [0.4, 0.5) is 0 Å². The molecule has 0 radical (unpaired) electrons. The predicted molar refractivity (Wildman–Crippen MR) is 94.2 cm³/mol. The molecule has 2 unspecified atom stereocenters. The summed E-state index contributed by atoms with van der Waals surface area (Å²) >= 11 is 0. The van der Waals surface area contributed by atoms with E-state index in [9.17, 15) is 8.42 Å². The minimum absolute atomic E-state index is 0.275. The maximum absolute atomic E-state index is 12.3. The molecule has 0 aromatic heterocycles. The first-order chi connectivity index (χ1) is 11.1. The van der Waals surface area contributed by atoms with Crippen molar-refractivity contribution in [3.05, 3.63) is 30.3 Å². The monoisotopic (exact) mass is 335 g/mol. The fourth-order valence-corrected chi connectivity index (χ4v) is 5.64. The number of benzene rings is 1. The SMILES string of the molecule is O=S(=O)(CCCCN1CCC2CCCCC2C1)c1ccccc1. The molecule has 1 aliphatic carbocycles. The average Bonchev–Trinajstić information content (AvgIpc) is 2.59. The number of rotatable bonds is 6. The normalized spacial score (nSPS) is 25.9. The third-order valence-electron chi connectivity index (χ3n) is 5.62. The number of piperidine rings is 1. The van der Waals surface area contributed by atoms with E-state index >= 15 is 0 Å². The maximum atomic E-state index is 12.3. The van der Waals surface area contributed by atoms with E-state index in [4.69, 9.17) is 0 Å². The molecule has 0 amide bonds. The highest BCUT2D eigenvalue weighted by Gasteiger charge is 2.30. The van der Waals surface area contributed by atoms with E-state index in [0.717, 1.165) is 31.2 Å². The molecule has 1 aromatic carbocycles. The van der Waals surface area contributed by atoms with E-state index < -0.39 is 9.84 Å². The Bertz CT molecular complexity index is 585. The molecule has 1 aromatic rings. The lowest BCUT2D eigenvalue weighted by molar-refractivity contribution is 0.0861. The quantitative estimate of drug-likeness (QED) is 0.743. The number of hydrogen-bond acceptors (Lipinski definition) is 3. The summed E-state index contributed by atoms with van der Waals surface area (Å²) in [6.07, 6.45) is 8.79. The van der Waals surface area contributed by atoms with Crippen LogP contribution < -0.4 is 0 Å². The molecule has 1 saturated carbocycles. The Hall–Kier alpha value is -0.870. The zero-order chi connectivity index (χ0) is 16.1. The highest BCUT2D eigenvalue weighted by atomic mass is 32.2. The molecule has 0 bridgehead atoms. The summed E-state index contributed by atoms with van der Waals surface area (Å²) in [7, 11) is -3.10. The molecule has 0 spiro atoms. The number of hydrogen-bond donors (Lipinski definition) is 0. The van der Waals surface area contributed by atoms with Crippen LogP contribution in [0.5, 0.6) is 0 Å². The zero-order valence-electron chi connectivity index (χ0n) is 14.0. The van der Waals surface area contributed by atoms with Gasteiger partial charge in [-0.25, -0.2) is 8.42 Å². The Kier molecular flexibility index (Phi) is 5.76. The predicted octanol–water partition coefficient (Wildman–Crippen LogP) is 3.75. The molecule has 0 N–H and O–H groups in total. The summed E-state index contributed by atoms with van der Waals surface area (Å²) in [6, 6.07) is 8.84. The van der Waals surface area contributed by atoms with E-state index in [2.05, 4.69) is 4.90 Å². The van der Waals surface area contributed by atoms with Gasteiger partial charge in [-0.15, -0.1) is 0 Å². The first kappa shape index (κ1) is 17.0. The Morgan fingerprint density at radius 2 is 1.70 bits per heavy atom. The van der Waals surface area contributed by atoms with Gasteiger partial charge in [0.25, 0.3) is 0 Å². The van der Waals surface area contributed by atoms with Crippen LogP contribution in [0.25, 0.3) is 0 Å². The fraction of sp³-hybridized carbons (Fsp3) is 0.684. The lowest BCUT2D eigenvalue weighted by atomic mass is 9.75. The molecule has 1 heterocycles. The number of likely N-dealkylation sites (tertiary alicyclic amines) is 1. The van der Waals surface area contributed by atoms with Crippen LogP contribution in [0.2, 0.25) is 0 Å². The van der Waals surface area contributed by atoms with E-state index in [1.54, 1.807) is 24.3 Å². The van der Waals surface area contributed by atoms with Crippen molar-refractivity contribution in [1.29, 1.82) is 0 Å². The van der Waals surface area contributed by atoms with Crippen LogP contribution in [-0.4, -0.2) is 38.7 Å². The van der Waals surface area contributed by atoms with Gasteiger partial charge < -0.3 is 4.90 Å². The minimum atomic E-state index is -3.10. The van der Waals surface area contributed by atoms with E-state index in [1.165, 1.54) is 45.2 Å². The van der Waals surface area contributed by atoms with Crippen molar-refractivity contribution in [3.63, 3.8) is 0 Å². The highest BCUT2D eigenvalue weighted by Crippen LogP contribution is 2.36. The summed E-state index contributed by atoms with van der Waals surface area (Å²) in [6.45, 7) is 3.52. The van der Waals surface area contributed by atoms with Gasteiger partial charge in [0.1, 0.15) is 0 Å². The fourth-order valence-electron chi connectivity index (χ4n) is 4.25.